The highest BCUT2D eigenvalue weighted by atomic mass is 16.3. The predicted molar refractivity (Wildman–Crippen MR) is 66.7 cm³/mol. The van der Waals surface area contributed by atoms with Crippen molar-refractivity contribution in [2.45, 2.75) is 39.8 Å². The Labute approximate surface area is 102 Å². The van der Waals surface area contributed by atoms with Gasteiger partial charge in [-0.15, -0.1) is 0 Å². The number of phenolic OH excluding ortho intramolecular Hbond substituents is 2. The summed E-state index contributed by atoms with van der Waals surface area (Å²) in [5.74, 6) is -0.446. The predicted octanol–water partition coefficient (Wildman–Crippen LogP) is 1.95. The van der Waals surface area contributed by atoms with Crippen molar-refractivity contribution < 1.29 is 15.3 Å². The number of benzene rings is 1. The molecule has 4 nitrogen and oxygen atoms in total. The van der Waals surface area contributed by atoms with Crippen LogP contribution in [0.4, 0.5) is 0 Å². The Morgan fingerprint density at radius 1 is 1.18 bits per heavy atom. The molecule has 1 rings (SSSR count). The van der Waals surface area contributed by atoms with Gasteiger partial charge in [0, 0.05) is 11.1 Å². The van der Waals surface area contributed by atoms with Crippen molar-refractivity contribution in [2.24, 2.45) is 11.1 Å². The maximum atomic E-state index is 10.3. The van der Waals surface area contributed by atoms with E-state index in [2.05, 4.69) is 0 Å². The summed E-state index contributed by atoms with van der Waals surface area (Å²) in [6.45, 7) is 7.53. The number of hydrogen-bond acceptors (Lipinski definition) is 4. The SMILES string of the molecule is Cc1c(C(N)(O)CC(C)(C)C)ccc(O)c1O. The van der Waals surface area contributed by atoms with E-state index in [0.717, 1.165) is 0 Å². The van der Waals surface area contributed by atoms with Gasteiger partial charge in [0.2, 0.25) is 0 Å². The number of rotatable bonds is 2. The monoisotopic (exact) mass is 239 g/mol. The molecule has 4 heteroatoms. The molecule has 1 unspecified atom stereocenters. The van der Waals surface area contributed by atoms with Crippen LogP contribution in [0.1, 0.15) is 38.3 Å². The molecule has 0 heterocycles. The average Bonchev–Trinajstić information content (AvgIpc) is 2.09. The first-order valence-electron chi connectivity index (χ1n) is 5.58. The summed E-state index contributed by atoms with van der Waals surface area (Å²) in [5, 5.41) is 29.3. The second kappa shape index (κ2) is 4.20. The zero-order chi connectivity index (χ0) is 13.4. The van der Waals surface area contributed by atoms with Gasteiger partial charge in [0.05, 0.1) is 0 Å². The molecule has 96 valence electrons. The number of aliphatic hydroxyl groups is 1. The van der Waals surface area contributed by atoms with Crippen molar-refractivity contribution in [3.63, 3.8) is 0 Å². The van der Waals surface area contributed by atoms with Gasteiger partial charge in [0.15, 0.2) is 11.5 Å². The van der Waals surface area contributed by atoms with Crippen LogP contribution in [-0.2, 0) is 5.72 Å². The summed E-state index contributed by atoms with van der Waals surface area (Å²) in [7, 11) is 0. The van der Waals surface area contributed by atoms with E-state index in [4.69, 9.17) is 5.73 Å². The molecule has 17 heavy (non-hydrogen) atoms. The lowest BCUT2D eigenvalue weighted by Crippen LogP contribution is -2.40. The fraction of sp³-hybridized carbons (Fsp3) is 0.538. The van der Waals surface area contributed by atoms with Crippen LogP contribution in [-0.4, -0.2) is 15.3 Å². The zero-order valence-electron chi connectivity index (χ0n) is 10.8. The summed E-state index contributed by atoms with van der Waals surface area (Å²) in [4.78, 5) is 0. The summed E-state index contributed by atoms with van der Waals surface area (Å²) in [5.41, 5.74) is 5.07. The van der Waals surface area contributed by atoms with Crippen molar-refractivity contribution >= 4 is 0 Å². The lowest BCUT2D eigenvalue weighted by atomic mass is 9.82. The van der Waals surface area contributed by atoms with E-state index in [9.17, 15) is 15.3 Å². The molecular formula is C13H21NO3. The van der Waals surface area contributed by atoms with Gasteiger partial charge in [-0.2, -0.15) is 0 Å². The van der Waals surface area contributed by atoms with E-state index in [1.165, 1.54) is 12.1 Å². The highest BCUT2D eigenvalue weighted by molar-refractivity contribution is 5.49. The highest BCUT2D eigenvalue weighted by Gasteiger charge is 2.32. The van der Waals surface area contributed by atoms with Gasteiger partial charge in [-0.25, -0.2) is 0 Å². The summed E-state index contributed by atoms with van der Waals surface area (Å²) >= 11 is 0. The molecule has 0 aliphatic rings. The van der Waals surface area contributed by atoms with Crippen molar-refractivity contribution in [1.29, 1.82) is 0 Å². The lowest BCUT2D eigenvalue weighted by molar-refractivity contribution is 0.00214. The minimum atomic E-state index is -1.52. The lowest BCUT2D eigenvalue weighted by Gasteiger charge is -2.32. The normalized spacial score (nSPS) is 15.6. The molecule has 0 saturated carbocycles. The largest absolute Gasteiger partial charge is 0.504 e. The minimum absolute atomic E-state index is 0.149. The first-order chi connectivity index (χ1) is 7.54. The molecular weight excluding hydrogens is 218 g/mol. The highest BCUT2D eigenvalue weighted by Crippen LogP contribution is 2.38. The summed E-state index contributed by atoms with van der Waals surface area (Å²) < 4.78 is 0. The van der Waals surface area contributed by atoms with Gasteiger partial charge >= 0.3 is 0 Å². The molecule has 1 aromatic rings. The molecule has 0 radical (unpaired) electrons. The minimum Gasteiger partial charge on any atom is -0.504 e. The zero-order valence-corrected chi connectivity index (χ0v) is 10.8. The molecule has 0 saturated heterocycles. The fourth-order valence-electron chi connectivity index (χ4n) is 2.06. The van der Waals surface area contributed by atoms with Crippen molar-refractivity contribution in [1.82, 2.24) is 0 Å². The van der Waals surface area contributed by atoms with E-state index in [0.29, 0.717) is 17.5 Å². The van der Waals surface area contributed by atoms with Crippen molar-refractivity contribution in [3.05, 3.63) is 23.3 Å². The Morgan fingerprint density at radius 3 is 2.18 bits per heavy atom. The maximum Gasteiger partial charge on any atom is 0.160 e. The summed E-state index contributed by atoms with van der Waals surface area (Å²) in [6.07, 6.45) is 0.352. The van der Waals surface area contributed by atoms with E-state index < -0.39 is 5.72 Å². The van der Waals surface area contributed by atoms with E-state index in [-0.39, 0.29) is 16.9 Å². The van der Waals surface area contributed by atoms with Crippen LogP contribution in [0.25, 0.3) is 0 Å². The van der Waals surface area contributed by atoms with Gasteiger partial charge in [-0.1, -0.05) is 26.8 Å². The standard InChI is InChI=1S/C13H21NO3/c1-8-9(5-6-10(15)11(8)16)13(14,17)7-12(2,3)4/h5-6,15-17H,7,14H2,1-4H3. The maximum absolute atomic E-state index is 10.3. The van der Waals surface area contributed by atoms with Gasteiger partial charge in [0.25, 0.3) is 0 Å². The summed E-state index contributed by atoms with van der Waals surface area (Å²) in [6, 6.07) is 2.87. The van der Waals surface area contributed by atoms with Gasteiger partial charge < -0.3 is 15.3 Å². The van der Waals surface area contributed by atoms with Crippen LogP contribution >= 0.6 is 0 Å². The molecule has 0 aromatic heterocycles. The van der Waals surface area contributed by atoms with Crippen molar-refractivity contribution in [3.8, 4) is 11.5 Å². The molecule has 0 spiro atoms. The first-order valence-corrected chi connectivity index (χ1v) is 5.58. The molecule has 0 bridgehead atoms. The molecule has 0 aliphatic heterocycles. The fourth-order valence-corrected chi connectivity index (χ4v) is 2.06. The third-order valence-corrected chi connectivity index (χ3v) is 2.68. The van der Waals surface area contributed by atoms with Crippen LogP contribution in [0.3, 0.4) is 0 Å². The van der Waals surface area contributed by atoms with Crippen molar-refractivity contribution in [2.75, 3.05) is 0 Å². The Morgan fingerprint density at radius 2 is 1.71 bits per heavy atom. The Kier molecular flexibility index (Phi) is 3.41. The topological polar surface area (TPSA) is 86.7 Å². The molecule has 1 aromatic carbocycles. The number of hydrogen-bond donors (Lipinski definition) is 4. The number of aromatic hydroxyl groups is 2. The van der Waals surface area contributed by atoms with Crippen LogP contribution < -0.4 is 5.73 Å². The average molecular weight is 239 g/mol. The van der Waals surface area contributed by atoms with E-state index in [1.807, 2.05) is 20.8 Å². The van der Waals surface area contributed by atoms with Gasteiger partial charge in [-0.05, 0) is 24.8 Å². The molecule has 0 fully saturated rings. The van der Waals surface area contributed by atoms with Crippen LogP contribution in [0, 0.1) is 12.3 Å². The second-order valence-electron chi connectivity index (χ2n) is 5.77. The Balaban J connectivity index is 3.20. The van der Waals surface area contributed by atoms with Crippen LogP contribution in [0.2, 0.25) is 0 Å². The molecule has 5 N–H and O–H groups in total. The third-order valence-electron chi connectivity index (χ3n) is 2.68. The van der Waals surface area contributed by atoms with Gasteiger partial charge in [-0.3, -0.25) is 5.73 Å². The number of phenols is 2. The molecule has 0 amide bonds. The Bertz CT molecular complexity index is 419. The molecule has 1 atom stereocenters. The van der Waals surface area contributed by atoms with E-state index >= 15 is 0 Å². The van der Waals surface area contributed by atoms with E-state index in [1.54, 1.807) is 6.92 Å². The second-order valence-corrected chi connectivity index (χ2v) is 5.77. The quantitative estimate of drug-likeness (QED) is 0.469. The Hall–Kier alpha value is -1.26. The smallest absolute Gasteiger partial charge is 0.160 e. The number of nitrogens with two attached hydrogens (primary N) is 1. The molecule has 0 aliphatic carbocycles. The van der Waals surface area contributed by atoms with Crippen LogP contribution in [0.5, 0.6) is 11.5 Å². The van der Waals surface area contributed by atoms with Crippen LogP contribution in [0.15, 0.2) is 12.1 Å². The third kappa shape index (κ3) is 3.11. The first kappa shape index (κ1) is 13.8. The van der Waals surface area contributed by atoms with Gasteiger partial charge in [0.1, 0.15) is 5.72 Å².